The number of amides is 2. The summed E-state index contributed by atoms with van der Waals surface area (Å²) in [5.41, 5.74) is 0. The number of rotatable bonds is 29. The highest BCUT2D eigenvalue weighted by Crippen LogP contribution is 2.25. The van der Waals surface area contributed by atoms with Crippen LogP contribution in [0.1, 0.15) is 162 Å². The zero-order valence-electron chi connectivity index (χ0n) is 29.4. The lowest BCUT2D eigenvalue weighted by Crippen LogP contribution is -2.66. The van der Waals surface area contributed by atoms with E-state index >= 15 is 0 Å². The first-order valence-corrected chi connectivity index (χ1v) is 18.7. The van der Waals surface area contributed by atoms with Crippen molar-refractivity contribution in [3.05, 3.63) is 0 Å². The molecule has 0 bridgehead atoms. The zero-order chi connectivity index (χ0) is 33.8. The Labute approximate surface area is 279 Å². The van der Waals surface area contributed by atoms with Gasteiger partial charge in [0.2, 0.25) is 11.8 Å². The Kier molecular flexibility index (Phi) is 26.0. The van der Waals surface area contributed by atoms with Gasteiger partial charge in [0.15, 0.2) is 12.4 Å². The molecule has 270 valence electrons. The molecule has 10 nitrogen and oxygen atoms in total. The van der Waals surface area contributed by atoms with E-state index in [1.807, 2.05) is 0 Å². The number of hydrogen-bond donors (Lipinski definition) is 4. The molecule has 46 heavy (non-hydrogen) atoms. The monoisotopic (exact) mass is 656 g/mol. The van der Waals surface area contributed by atoms with E-state index in [0.29, 0.717) is 12.8 Å². The minimum atomic E-state index is -1.39. The zero-order valence-corrected chi connectivity index (χ0v) is 29.4. The van der Waals surface area contributed by atoms with Crippen molar-refractivity contribution < 1.29 is 38.8 Å². The molecule has 0 aromatic heterocycles. The van der Waals surface area contributed by atoms with E-state index in [-0.39, 0.29) is 25.0 Å². The molecule has 5 atom stereocenters. The second-order valence-corrected chi connectivity index (χ2v) is 12.9. The van der Waals surface area contributed by atoms with Gasteiger partial charge >= 0.3 is 5.97 Å². The molecule has 4 N–H and O–H groups in total. The first kappa shape index (κ1) is 42.3. The Morgan fingerprint density at radius 1 is 0.674 bits per heavy atom. The van der Waals surface area contributed by atoms with E-state index < -0.39 is 43.2 Å². The van der Waals surface area contributed by atoms with Gasteiger partial charge < -0.3 is 35.1 Å². The number of carbonyl (C=O) groups is 3. The van der Waals surface area contributed by atoms with Crippen LogP contribution in [0.4, 0.5) is 0 Å². The Balaban J connectivity index is 2.48. The van der Waals surface area contributed by atoms with Gasteiger partial charge in [-0.1, -0.05) is 129 Å². The van der Waals surface area contributed by atoms with Crippen molar-refractivity contribution in [1.29, 1.82) is 0 Å². The van der Waals surface area contributed by atoms with E-state index in [9.17, 15) is 24.6 Å². The third-order valence-corrected chi connectivity index (χ3v) is 8.72. The third-order valence-electron chi connectivity index (χ3n) is 8.72. The fourth-order valence-electron chi connectivity index (χ4n) is 5.92. The molecular formula is C36H68N2O8. The van der Waals surface area contributed by atoms with Crippen LogP contribution in [0, 0.1) is 0 Å². The van der Waals surface area contributed by atoms with E-state index in [1.54, 1.807) is 6.92 Å². The van der Waals surface area contributed by atoms with Crippen LogP contribution in [0.25, 0.3) is 0 Å². The highest BCUT2D eigenvalue weighted by Gasteiger charge is 2.48. The lowest BCUT2D eigenvalue weighted by atomic mass is 9.96. The highest BCUT2D eigenvalue weighted by atomic mass is 16.7. The third kappa shape index (κ3) is 19.8. The Hall–Kier alpha value is -1.75. The van der Waals surface area contributed by atoms with E-state index in [1.165, 1.54) is 89.9 Å². The molecule has 0 spiro atoms. The topological polar surface area (TPSA) is 143 Å². The van der Waals surface area contributed by atoms with Crippen LogP contribution < -0.4 is 10.6 Å². The molecule has 0 radical (unpaired) electrons. The highest BCUT2D eigenvalue weighted by molar-refractivity contribution is 5.82. The van der Waals surface area contributed by atoms with Crippen LogP contribution in [0.15, 0.2) is 0 Å². The standard InChI is InChI=1S/C36H68N2O8/c1-4-7-9-11-13-15-16-18-20-22-24-26-31(41)38-33-35(34(43)29(28-39)45-36(33)44-6-3)46-32(42)27-37-30(40)25-23-21-19-17-14-12-10-8-5-2/h29,33-36,39,43H,4-28H2,1-3H3,(H,37,40)(H,38,41)/t29-,33-,34-,35-,36+/m1/s1. The Morgan fingerprint density at radius 2 is 1.13 bits per heavy atom. The van der Waals surface area contributed by atoms with Crippen LogP contribution >= 0.6 is 0 Å². The van der Waals surface area contributed by atoms with Crippen molar-refractivity contribution >= 4 is 17.8 Å². The predicted molar refractivity (Wildman–Crippen MR) is 181 cm³/mol. The first-order valence-electron chi connectivity index (χ1n) is 18.7. The second-order valence-electron chi connectivity index (χ2n) is 12.9. The lowest BCUT2D eigenvalue weighted by Gasteiger charge is -2.43. The summed E-state index contributed by atoms with van der Waals surface area (Å²) in [6.45, 7) is 5.57. The first-order chi connectivity index (χ1) is 22.4. The maximum absolute atomic E-state index is 12.9. The SMILES string of the molecule is CCCCCCCCCCCCCC(=O)N[C@H]1[C@@H](OCC)O[C@H](CO)[C@@H](O)[C@@H]1OC(=O)CNC(=O)CCCCCCCCCCC. The van der Waals surface area contributed by atoms with Crippen molar-refractivity contribution in [1.82, 2.24) is 10.6 Å². The Morgan fingerprint density at radius 3 is 1.59 bits per heavy atom. The van der Waals surface area contributed by atoms with Gasteiger partial charge in [0.25, 0.3) is 0 Å². The van der Waals surface area contributed by atoms with Gasteiger partial charge in [-0.15, -0.1) is 0 Å². The van der Waals surface area contributed by atoms with Gasteiger partial charge in [-0.25, -0.2) is 0 Å². The second kappa shape index (κ2) is 28.3. The summed E-state index contributed by atoms with van der Waals surface area (Å²) in [6.07, 6.45) is 19.2. The molecule has 2 amide bonds. The smallest absolute Gasteiger partial charge is 0.325 e. The summed E-state index contributed by atoms with van der Waals surface area (Å²) in [5, 5.41) is 26.1. The maximum Gasteiger partial charge on any atom is 0.325 e. The maximum atomic E-state index is 12.9. The van der Waals surface area contributed by atoms with E-state index in [2.05, 4.69) is 24.5 Å². The molecule has 0 unspecified atom stereocenters. The molecule has 0 aromatic carbocycles. The van der Waals surface area contributed by atoms with Crippen LogP contribution in [0.5, 0.6) is 0 Å². The van der Waals surface area contributed by atoms with Crippen molar-refractivity contribution in [2.75, 3.05) is 19.8 Å². The minimum Gasteiger partial charge on any atom is -0.456 e. The quantitative estimate of drug-likeness (QED) is 0.0548. The molecule has 1 heterocycles. The summed E-state index contributed by atoms with van der Waals surface area (Å²) < 4.78 is 17.0. The van der Waals surface area contributed by atoms with Crippen LogP contribution in [-0.4, -0.2) is 78.4 Å². The van der Waals surface area contributed by atoms with Crippen LogP contribution in [0.2, 0.25) is 0 Å². The molecule has 1 rings (SSSR count). The largest absolute Gasteiger partial charge is 0.456 e. The van der Waals surface area contributed by atoms with Crippen LogP contribution in [-0.2, 0) is 28.6 Å². The molecule has 0 aliphatic carbocycles. The summed E-state index contributed by atoms with van der Waals surface area (Å²) >= 11 is 0. The van der Waals surface area contributed by atoms with Crippen molar-refractivity contribution in [2.45, 2.75) is 193 Å². The molecule has 0 saturated carbocycles. The lowest BCUT2D eigenvalue weighted by molar-refractivity contribution is -0.272. The van der Waals surface area contributed by atoms with Gasteiger partial charge in [0, 0.05) is 19.4 Å². The Bertz CT molecular complexity index is 783. The van der Waals surface area contributed by atoms with Gasteiger partial charge in [-0.05, 0) is 19.8 Å². The van der Waals surface area contributed by atoms with Crippen molar-refractivity contribution in [3.8, 4) is 0 Å². The number of unbranched alkanes of at least 4 members (excludes halogenated alkanes) is 18. The molecular weight excluding hydrogens is 588 g/mol. The van der Waals surface area contributed by atoms with Crippen molar-refractivity contribution in [3.63, 3.8) is 0 Å². The average Bonchev–Trinajstić information content (AvgIpc) is 3.04. The van der Waals surface area contributed by atoms with Gasteiger partial charge in [-0.3, -0.25) is 14.4 Å². The summed E-state index contributed by atoms with van der Waals surface area (Å²) in [5.74, 6) is -1.23. The number of carbonyl (C=O) groups excluding carboxylic acids is 3. The van der Waals surface area contributed by atoms with E-state index in [4.69, 9.17) is 14.2 Å². The molecule has 10 heteroatoms. The summed E-state index contributed by atoms with van der Waals surface area (Å²) in [4.78, 5) is 38.0. The molecule has 1 saturated heterocycles. The summed E-state index contributed by atoms with van der Waals surface area (Å²) in [6, 6.07) is -0.973. The number of aliphatic hydroxyl groups is 2. The number of hydrogen-bond acceptors (Lipinski definition) is 8. The van der Waals surface area contributed by atoms with Gasteiger partial charge in [0.05, 0.1) is 6.61 Å². The van der Waals surface area contributed by atoms with Gasteiger partial charge in [0.1, 0.15) is 24.8 Å². The van der Waals surface area contributed by atoms with E-state index in [0.717, 1.165) is 38.5 Å². The number of aliphatic hydroxyl groups excluding tert-OH is 2. The van der Waals surface area contributed by atoms with Crippen molar-refractivity contribution in [2.24, 2.45) is 0 Å². The summed E-state index contributed by atoms with van der Waals surface area (Å²) in [7, 11) is 0. The number of esters is 1. The normalized spacial score (nSPS) is 21.2. The molecule has 0 aromatic rings. The van der Waals surface area contributed by atoms with Crippen LogP contribution in [0.3, 0.4) is 0 Å². The fourth-order valence-corrected chi connectivity index (χ4v) is 5.92. The number of ether oxygens (including phenoxy) is 3. The fraction of sp³-hybridized carbons (Fsp3) is 0.917. The average molecular weight is 657 g/mol. The predicted octanol–water partition coefficient (Wildman–Crippen LogP) is 6.24. The molecule has 1 aliphatic rings. The molecule has 1 fully saturated rings. The van der Waals surface area contributed by atoms with Gasteiger partial charge in [-0.2, -0.15) is 0 Å². The number of nitrogens with one attached hydrogen (secondary N) is 2. The molecule has 1 aliphatic heterocycles. The minimum absolute atomic E-state index is 0.232.